The van der Waals surface area contributed by atoms with Crippen molar-refractivity contribution in [1.82, 2.24) is 25.0 Å². The summed E-state index contributed by atoms with van der Waals surface area (Å²) in [7, 11) is 1.41. The summed E-state index contributed by atoms with van der Waals surface area (Å²) >= 11 is 0. The van der Waals surface area contributed by atoms with E-state index in [1.807, 2.05) is 6.07 Å². The van der Waals surface area contributed by atoms with Gasteiger partial charge in [-0.25, -0.2) is 14.6 Å². The number of aromatic amines is 1. The molecular formula is C18H20N6O4. The predicted octanol–water partition coefficient (Wildman–Crippen LogP) is 2.21. The first-order chi connectivity index (χ1) is 13.3. The van der Waals surface area contributed by atoms with Crippen molar-refractivity contribution in [2.24, 2.45) is 0 Å². The number of aromatic nitrogens is 5. The Hall–Kier alpha value is -3.69. The average molecular weight is 384 g/mol. The second-order valence-corrected chi connectivity index (χ2v) is 6.79. The van der Waals surface area contributed by atoms with Gasteiger partial charge in [0.25, 0.3) is 5.91 Å². The highest BCUT2D eigenvalue weighted by Gasteiger charge is 2.25. The summed E-state index contributed by atoms with van der Waals surface area (Å²) in [4.78, 5) is 29.1. The second-order valence-electron chi connectivity index (χ2n) is 6.79. The maximum atomic E-state index is 12.6. The molecule has 28 heavy (non-hydrogen) atoms. The van der Waals surface area contributed by atoms with Gasteiger partial charge in [0.15, 0.2) is 11.4 Å². The fourth-order valence-electron chi connectivity index (χ4n) is 2.30. The Bertz CT molecular complexity index is 987. The molecule has 2 heterocycles. The number of nitrogens with one attached hydrogen (secondary N) is 2. The lowest BCUT2D eigenvalue weighted by Gasteiger charge is -2.19. The zero-order valence-electron chi connectivity index (χ0n) is 15.9. The molecule has 0 bridgehead atoms. The molecule has 146 valence electrons. The van der Waals surface area contributed by atoms with Crippen molar-refractivity contribution in [3.05, 3.63) is 47.8 Å². The zero-order chi connectivity index (χ0) is 20.3. The van der Waals surface area contributed by atoms with Crippen LogP contribution < -0.4 is 10.1 Å². The highest BCUT2D eigenvalue weighted by molar-refractivity contribution is 6.03. The van der Waals surface area contributed by atoms with Crippen molar-refractivity contribution in [2.45, 2.75) is 26.4 Å². The number of carbonyl (C=O) groups is 2. The number of carbonyl (C=O) groups excluding carboxylic acids is 2. The Labute approximate surface area is 160 Å². The highest BCUT2D eigenvalue weighted by Crippen LogP contribution is 2.18. The number of ether oxygens (including phenoxy) is 2. The molecule has 2 aromatic heterocycles. The zero-order valence-corrected chi connectivity index (χ0v) is 15.9. The first-order valence-electron chi connectivity index (χ1n) is 8.43. The third-order valence-corrected chi connectivity index (χ3v) is 3.43. The standard InChI is InChI=1S/C18H20N6O4/c1-18(2,3)28-15(26)13-10-12(23-24(13)11-8-6-5-7-9-11)14(25)19-16-20-17(27-4)22-21-16/h5-10H,1-4H3,(H2,19,20,21,22,25). The molecule has 0 spiro atoms. The molecule has 0 aliphatic carbocycles. The smallest absolute Gasteiger partial charge is 0.357 e. The number of amides is 1. The normalized spacial score (nSPS) is 11.1. The molecule has 3 rings (SSSR count). The average Bonchev–Trinajstić information content (AvgIpc) is 3.28. The number of rotatable bonds is 5. The van der Waals surface area contributed by atoms with E-state index in [0.717, 1.165) is 0 Å². The van der Waals surface area contributed by atoms with Crippen molar-refractivity contribution in [3.63, 3.8) is 0 Å². The molecule has 0 aliphatic rings. The Morgan fingerprint density at radius 2 is 1.89 bits per heavy atom. The summed E-state index contributed by atoms with van der Waals surface area (Å²) in [6.45, 7) is 5.29. The molecule has 0 saturated carbocycles. The largest absolute Gasteiger partial charge is 0.466 e. The molecule has 0 atom stereocenters. The van der Waals surface area contributed by atoms with E-state index in [1.54, 1.807) is 45.0 Å². The van der Waals surface area contributed by atoms with Gasteiger partial charge in [-0.15, -0.1) is 5.10 Å². The third-order valence-electron chi connectivity index (χ3n) is 3.43. The van der Waals surface area contributed by atoms with Crippen LogP contribution in [-0.4, -0.2) is 49.5 Å². The Balaban J connectivity index is 1.94. The van der Waals surface area contributed by atoms with Crippen LogP contribution in [0.5, 0.6) is 6.01 Å². The van der Waals surface area contributed by atoms with Gasteiger partial charge in [0, 0.05) is 6.07 Å². The van der Waals surface area contributed by atoms with Crippen LogP contribution in [-0.2, 0) is 4.74 Å². The summed E-state index contributed by atoms with van der Waals surface area (Å²) < 4.78 is 11.7. The van der Waals surface area contributed by atoms with E-state index in [0.29, 0.717) is 5.69 Å². The quantitative estimate of drug-likeness (QED) is 0.646. The van der Waals surface area contributed by atoms with E-state index in [-0.39, 0.29) is 23.3 Å². The van der Waals surface area contributed by atoms with E-state index >= 15 is 0 Å². The van der Waals surface area contributed by atoms with Gasteiger partial charge in [-0.2, -0.15) is 10.1 Å². The molecule has 0 fully saturated rings. The molecule has 10 heteroatoms. The Kier molecular flexibility index (Phi) is 5.12. The lowest BCUT2D eigenvalue weighted by Crippen LogP contribution is -2.25. The maximum Gasteiger partial charge on any atom is 0.357 e. The van der Waals surface area contributed by atoms with Gasteiger partial charge in [0.2, 0.25) is 5.95 Å². The number of H-pyrrole nitrogens is 1. The molecule has 3 aromatic rings. The van der Waals surface area contributed by atoms with Gasteiger partial charge in [-0.3, -0.25) is 10.1 Å². The van der Waals surface area contributed by atoms with E-state index in [2.05, 4.69) is 25.6 Å². The summed E-state index contributed by atoms with van der Waals surface area (Å²) in [6.07, 6.45) is 0. The first kappa shape index (κ1) is 19.1. The molecule has 0 saturated heterocycles. The van der Waals surface area contributed by atoms with E-state index in [9.17, 15) is 9.59 Å². The van der Waals surface area contributed by atoms with Crippen molar-refractivity contribution < 1.29 is 19.1 Å². The molecule has 1 aromatic carbocycles. The second kappa shape index (κ2) is 7.51. The summed E-state index contributed by atoms with van der Waals surface area (Å²) in [5.74, 6) is -1.07. The summed E-state index contributed by atoms with van der Waals surface area (Å²) in [5.41, 5.74) is 0.0621. The van der Waals surface area contributed by atoms with Crippen LogP contribution in [0.4, 0.5) is 5.95 Å². The lowest BCUT2D eigenvalue weighted by molar-refractivity contribution is 0.00593. The number of anilines is 1. The van der Waals surface area contributed by atoms with Crippen molar-refractivity contribution in [2.75, 3.05) is 12.4 Å². The van der Waals surface area contributed by atoms with E-state index < -0.39 is 17.5 Å². The fraction of sp³-hybridized carbons (Fsp3) is 0.278. The number of methoxy groups -OCH3 is 1. The monoisotopic (exact) mass is 384 g/mol. The van der Waals surface area contributed by atoms with Gasteiger partial charge in [-0.05, 0) is 32.9 Å². The Morgan fingerprint density at radius 3 is 2.50 bits per heavy atom. The minimum Gasteiger partial charge on any atom is -0.466 e. The van der Waals surface area contributed by atoms with Crippen molar-refractivity contribution in [3.8, 4) is 11.7 Å². The number of para-hydroxylation sites is 1. The molecule has 0 aliphatic heterocycles. The van der Waals surface area contributed by atoms with Gasteiger partial charge < -0.3 is 9.47 Å². The molecule has 0 unspecified atom stereocenters. The maximum absolute atomic E-state index is 12.6. The third kappa shape index (κ3) is 4.34. The minimum absolute atomic E-state index is 0.0140. The van der Waals surface area contributed by atoms with Crippen LogP contribution in [0.1, 0.15) is 41.7 Å². The molecule has 1 amide bonds. The van der Waals surface area contributed by atoms with E-state index in [4.69, 9.17) is 9.47 Å². The fourth-order valence-corrected chi connectivity index (χ4v) is 2.30. The van der Waals surface area contributed by atoms with Crippen LogP contribution >= 0.6 is 0 Å². The highest BCUT2D eigenvalue weighted by atomic mass is 16.6. The van der Waals surface area contributed by atoms with Crippen molar-refractivity contribution >= 4 is 17.8 Å². The van der Waals surface area contributed by atoms with Crippen LogP contribution in [0.15, 0.2) is 36.4 Å². The number of benzene rings is 1. The van der Waals surface area contributed by atoms with Crippen LogP contribution in [0.25, 0.3) is 5.69 Å². The molecule has 0 radical (unpaired) electrons. The van der Waals surface area contributed by atoms with Crippen molar-refractivity contribution in [1.29, 1.82) is 0 Å². The SMILES string of the molecule is COc1n[nH]c(NC(=O)c2cc(C(=O)OC(C)(C)C)n(-c3ccccc3)n2)n1. The molecule has 10 nitrogen and oxygen atoms in total. The lowest BCUT2D eigenvalue weighted by atomic mass is 10.2. The van der Waals surface area contributed by atoms with Crippen LogP contribution in [0, 0.1) is 0 Å². The van der Waals surface area contributed by atoms with Crippen LogP contribution in [0.3, 0.4) is 0 Å². The first-order valence-corrected chi connectivity index (χ1v) is 8.43. The number of hydrogen-bond acceptors (Lipinski definition) is 7. The predicted molar refractivity (Wildman–Crippen MR) is 99.6 cm³/mol. The van der Waals surface area contributed by atoms with Gasteiger partial charge >= 0.3 is 12.0 Å². The Morgan fingerprint density at radius 1 is 1.18 bits per heavy atom. The summed E-state index contributed by atoms with van der Waals surface area (Å²) in [6, 6.07) is 10.4. The van der Waals surface area contributed by atoms with Gasteiger partial charge in [0.05, 0.1) is 12.8 Å². The summed E-state index contributed by atoms with van der Waals surface area (Å²) in [5, 5.41) is 13.0. The van der Waals surface area contributed by atoms with E-state index in [1.165, 1.54) is 17.9 Å². The number of esters is 1. The molecule has 2 N–H and O–H groups in total. The number of hydrogen-bond donors (Lipinski definition) is 2. The topological polar surface area (TPSA) is 124 Å². The van der Waals surface area contributed by atoms with Gasteiger partial charge in [-0.1, -0.05) is 18.2 Å². The van der Waals surface area contributed by atoms with Gasteiger partial charge in [0.1, 0.15) is 5.60 Å². The number of nitrogens with zero attached hydrogens (tertiary/aromatic N) is 4. The molecular weight excluding hydrogens is 364 g/mol. The minimum atomic E-state index is -0.693. The van der Waals surface area contributed by atoms with Crippen LogP contribution in [0.2, 0.25) is 0 Å².